The predicted octanol–water partition coefficient (Wildman–Crippen LogP) is 6.90. The largest absolute Gasteiger partial charge is 0.411 e. The molecule has 0 aliphatic heterocycles. The summed E-state index contributed by atoms with van der Waals surface area (Å²) in [7, 11) is -3.43. The maximum atomic E-state index is 6.63. The highest BCUT2D eigenvalue weighted by Gasteiger charge is 2.40. The fourth-order valence-corrected chi connectivity index (χ4v) is 5.05. The van der Waals surface area contributed by atoms with Gasteiger partial charge in [-0.1, -0.05) is 66.5 Å². The predicted molar refractivity (Wildman–Crippen MR) is 112 cm³/mol. The Kier molecular flexibility index (Phi) is 7.16. The standard InChI is InChI=1S/C20H42O2Si2/c1-19(2,3)23(7,8)21-17-13-11-12-14-18(16-15-17)22-24(9,10)20(4,5)6/h15-18H,11-14H2,1-10H3/b16-15-/t17-,18+. The molecule has 0 unspecified atom stereocenters. The van der Waals surface area contributed by atoms with Crippen LogP contribution in [0.4, 0.5) is 0 Å². The summed E-state index contributed by atoms with van der Waals surface area (Å²) in [6.45, 7) is 23.3. The molecule has 4 heteroatoms. The lowest BCUT2D eigenvalue weighted by atomic mass is 10.0. The van der Waals surface area contributed by atoms with E-state index in [1.807, 2.05) is 0 Å². The number of hydrogen-bond donors (Lipinski definition) is 0. The van der Waals surface area contributed by atoms with Crippen molar-refractivity contribution in [3.8, 4) is 0 Å². The molecule has 1 aliphatic rings. The molecular weight excluding hydrogens is 328 g/mol. The second kappa shape index (κ2) is 7.77. The minimum atomic E-state index is -1.71. The van der Waals surface area contributed by atoms with E-state index in [0.29, 0.717) is 0 Å². The first kappa shape index (κ1) is 22.1. The van der Waals surface area contributed by atoms with E-state index in [1.165, 1.54) is 12.8 Å². The van der Waals surface area contributed by atoms with Crippen LogP contribution in [0.5, 0.6) is 0 Å². The highest BCUT2D eigenvalue weighted by atomic mass is 28.4. The Bertz CT molecular complexity index is 388. The molecule has 0 amide bonds. The summed E-state index contributed by atoms with van der Waals surface area (Å²) in [5.41, 5.74) is 0. The van der Waals surface area contributed by atoms with Crippen LogP contribution in [0.3, 0.4) is 0 Å². The molecule has 0 saturated heterocycles. The number of rotatable bonds is 4. The van der Waals surface area contributed by atoms with E-state index in [2.05, 4.69) is 79.9 Å². The normalized spacial score (nSPS) is 25.9. The molecule has 2 nitrogen and oxygen atoms in total. The Labute approximate surface area is 153 Å². The topological polar surface area (TPSA) is 18.5 Å². The van der Waals surface area contributed by atoms with Crippen molar-refractivity contribution < 1.29 is 8.85 Å². The third-order valence-electron chi connectivity index (χ3n) is 6.27. The van der Waals surface area contributed by atoms with E-state index >= 15 is 0 Å². The van der Waals surface area contributed by atoms with Crippen molar-refractivity contribution in [1.82, 2.24) is 0 Å². The second-order valence-corrected chi connectivity index (χ2v) is 20.0. The van der Waals surface area contributed by atoms with E-state index in [9.17, 15) is 0 Å². The molecule has 0 heterocycles. The average Bonchev–Trinajstić information content (AvgIpc) is 2.33. The van der Waals surface area contributed by atoms with Crippen molar-refractivity contribution in [3.05, 3.63) is 12.2 Å². The fraction of sp³-hybridized carbons (Fsp3) is 0.900. The molecule has 0 saturated carbocycles. The Morgan fingerprint density at radius 3 is 1.21 bits per heavy atom. The zero-order valence-electron chi connectivity index (χ0n) is 18.0. The molecule has 1 aliphatic carbocycles. The average molecular weight is 371 g/mol. The summed E-state index contributed by atoms with van der Waals surface area (Å²) in [6, 6.07) is 0. The first-order valence-electron chi connectivity index (χ1n) is 9.70. The van der Waals surface area contributed by atoms with Crippen LogP contribution in [0.15, 0.2) is 12.2 Å². The van der Waals surface area contributed by atoms with E-state index < -0.39 is 16.6 Å². The quantitative estimate of drug-likeness (QED) is 0.396. The summed E-state index contributed by atoms with van der Waals surface area (Å²) >= 11 is 0. The third-order valence-corrected chi connectivity index (χ3v) is 15.3. The Hall–Kier alpha value is 0.0938. The van der Waals surface area contributed by atoms with Gasteiger partial charge in [-0.25, -0.2) is 0 Å². The summed E-state index contributed by atoms with van der Waals surface area (Å²) in [5, 5.41) is 0.528. The Morgan fingerprint density at radius 1 is 0.667 bits per heavy atom. The van der Waals surface area contributed by atoms with Gasteiger partial charge in [0.25, 0.3) is 0 Å². The van der Waals surface area contributed by atoms with Gasteiger partial charge in [0.1, 0.15) is 0 Å². The van der Waals surface area contributed by atoms with E-state index in [1.54, 1.807) is 0 Å². The molecule has 0 spiro atoms. The highest BCUT2D eigenvalue weighted by molar-refractivity contribution is 6.74. The molecule has 0 radical (unpaired) electrons. The molecular formula is C20H42O2Si2. The van der Waals surface area contributed by atoms with Gasteiger partial charge in [0.2, 0.25) is 0 Å². The van der Waals surface area contributed by atoms with Crippen LogP contribution in [0.25, 0.3) is 0 Å². The van der Waals surface area contributed by atoms with Crippen LogP contribution in [0, 0.1) is 0 Å². The molecule has 0 N–H and O–H groups in total. The lowest BCUT2D eigenvalue weighted by molar-refractivity contribution is 0.181. The second-order valence-electron chi connectivity index (χ2n) is 10.5. The van der Waals surface area contributed by atoms with Crippen LogP contribution >= 0.6 is 0 Å². The Morgan fingerprint density at radius 2 is 0.958 bits per heavy atom. The molecule has 0 aromatic rings. The van der Waals surface area contributed by atoms with Crippen molar-refractivity contribution in [2.45, 2.75) is 116 Å². The maximum absolute atomic E-state index is 6.63. The minimum Gasteiger partial charge on any atom is -0.411 e. The Balaban J connectivity index is 2.81. The van der Waals surface area contributed by atoms with Crippen molar-refractivity contribution in [1.29, 1.82) is 0 Å². The SMILES string of the molecule is CC(C)(C)[Si](C)(C)O[C@@H]1/C=C\[C@H](O[Si](C)(C)C(C)(C)C)CCCC1. The fourth-order valence-electron chi connectivity index (χ4n) is 2.44. The van der Waals surface area contributed by atoms with Crippen LogP contribution in [-0.2, 0) is 8.85 Å². The first-order valence-corrected chi connectivity index (χ1v) is 15.5. The van der Waals surface area contributed by atoms with Gasteiger partial charge in [-0.05, 0) is 49.1 Å². The summed E-state index contributed by atoms with van der Waals surface area (Å²) in [5.74, 6) is 0. The maximum Gasteiger partial charge on any atom is 0.192 e. The van der Waals surface area contributed by atoms with Crippen molar-refractivity contribution in [2.24, 2.45) is 0 Å². The molecule has 0 bridgehead atoms. The molecule has 1 rings (SSSR count). The van der Waals surface area contributed by atoms with Crippen LogP contribution in [0.2, 0.25) is 36.3 Å². The zero-order valence-corrected chi connectivity index (χ0v) is 20.0. The smallest absolute Gasteiger partial charge is 0.192 e. The lowest BCUT2D eigenvalue weighted by Gasteiger charge is -2.40. The molecule has 0 fully saturated rings. The van der Waals surface area contributed by atoms with Crippen molar-refractivity contribution in [3.63, 3.8) is 0 Å². The van der Waals surface area contributed by atoms with Crippen LogP contribution < -0.4 is 0 Å². The van der Waals surface area contributed by atoms with Crippen LogP contribution in [0.1, 0.15) is 67.2 Å². The highest BCUT2D eigenvalue weighted by Crippen LogP contribution is 2.39. The van der Waals surface area contributed by atoms with Crippen LogP contribution in [-0.4, -0.2) is 28.8 Å². The third kappa shape index (κ3) is 6.12. The zero-order chi connectivity index (χ0) is 18.8. The van der Waals surface area contributed by atoms with Gasteiger partial charge in [-0.15, -0.1) is 0 Å². The molecule has 142 valence electrons. The summed E-state index contributed by atoms with van der Waals surface area (Å²) in [6.07, 6.45) is 9.90. The number of hydrogen-bond acceptors (Lipinski definition) is 2. The minimum absolute atomic E-state index is 0.261. The van der Waals surface area contributed by atoms with E-state index in [4.69, 9.17) is 8.85 Å². The van der Waals surface area contributed by atoms with Gasteiger partial charge in [0.15, 0.2) is 16.6 Å². The van der Waals surface area contributed by atoms with Crippen molar-refractivity contribution >= 4 is 16.6 Å². The van der Waals surface area contributed by atoms with Gasteiger partial charge in [-0.2, -0.15) is 0 Å². The monoisotopic (exact) mass is 370 g/mol. The summed E-state index contributed by atoms with van der Waals surface area (Å²) < 4.78 is 13.3. The van der Waals surface area contributed by atoms with Gasteiger partial charge in [0, 0.05) is 0 Å². The lowest BCUT2D eigenvalue weighted by Crippen LogP contribution is -2.44. The first-order chi connectivity index (χ1) is 10.7. The van der Waals surface area contributed by atoms with E-state index in [0.717, 1.165) is 12.8 Å². The summed E-state index contributed by atoms with van der Waals surface area (Å²) in [4.78, 5) is 0. The van der Waals surface area contributed by atoms with E-state index in [-0.39, 0.29) is 22.3 Å². The van der Waals surface area contributed by atoms with Gasteiger partial charge in [0.05, 0.1) is 12.2 Å². The van der Waals surface area contributed by atoms with Crippen molar-refractivity contribution in [2.75, 3.05) is 0 Å². The molecule has 0 aromatic carbocycles. The van der Waals surface area contributed by atoms with Gasteiger partial charge >= 0.3 is 0 Å². The molecule has 0 aromatic heterocycles. The molecule has 24 heavy (non-hydrogen) atoms. The van der Waals surface area contributed by atoms with Gasteiger partial charge in [-0.3, -0.25) is 0 Å². The van der Waals surface area contributed by atoms with Gasteiger partial charge < -0.3 is 8.85 Å². The molecule has 2 atom stereocenters.